The van der Waals surface area contributed by atoms with Crippen molar-refractivity contribution in [2.75, 3.05) is 20.8 Å². The Bertz CT molecular complexity index is 166. The molecule has 1 aliphatic rings. The van der Waals surface area contributed by atoms with Crippen molar-refractivity contribution in [3.8, 4) is 0 Å². The summed E-state index contributed by atoms with van der Waals surface area (Å²) in [5, 5.41) is 3.31. The van der Waals surface area contributed by atoms with Gasteiger partial charge in [-0.25, -0.2) is 4.79 Å². The topological polar surface area (TPSA) is 47.6 Å². The molecule has 0 amide bonds. The molecule has 0 aromatic heterocycles. The summed E-state index contributed by atoms with van der Waals surface area (Å²) in [4.78, 5) is 11.2. The molecule has 0 bridgehead atoms. The number of carbonyl (C=O) groups excluding carboxylic acids is 1. The molecule has 0 saturated carbocycles. The Balaban J connectivity index is 2.33. The molecule has 1 fully saturated rings. The third-order valence-electron chi connectivity index (χ3n) is 2.41. The van der Waals surface area contributed by atoms with Crippen LogP contribution in [-0.2, 0) is 14.3 Å². The molecule has 1 heterocycles. The first kappa shape index (κ1) is 10.5. The Morgan fingerprint density at radius 1 is 1.62 bits per heavy atom. The minimum absolute atomic E-state index is 0.281. The Kier molecular flexibility index (Phi) is 4.18. The van der Waals surface area contributed by atoms with Crippen molar-refractivity contribution in [2.45, 2.75) is 31.4 Å². The van der Waals surface area contributed by atoms with E-state index in [0.29, 0.717) is 12.5 Å². The fourth-order valence-electron chi connectivity index (χ4n) is 1.64. The lowest BCUT2D eigenvalue weighted by Crippen LogP contribution is -2.33. The van der Waals surface area contributed by atoms with Crippen molar-refractivity contribution < 1.29 is 14.3 Å². The van der Waals surface area contributed by atoms with E-state index in [9.17, 15) is 4.79 Å². The van der Waals surface area contributed by atoms with E-state index in [1.807, 2.05) is 0 Å². The Labute approximate surface area is 78.6 Å². The predicted octanol–water partition coefficient (Wildman–Crippen LogP) is 0.316. The lowest BCUT2D eigenvalue weighted by atomic mass is 10.1. The average Bonchev–Trinajstić information content (AvgIpc) is 2.65. The number of hydrogen-bond acceptors (Lipinski definition) is 4. The SMILES string of the molecule is COC(=O)C(CC1CCCN1)OC. The second-order valence-electron chi connectivity index (χ2n) is 3.28. The van der Waals surface area contributed by atoms with E-state index < -0.39 is 6.10 Å². The van der Waals surface area contributed by atoms with Gasteiger partial charge in [-0.15, -0.1) is 0 Å². The highest BCUT2D eigenvalue weighted by atomic mass is 16.6. The molecule has 0 aromatic carbocycles. The molecule has 1 aliphatic heterocycles. The second-order valence-corrected chi connectivity index (χ2v) is 3.28. The smallest absolute Gasteiger partial charge is 0.335 e. The van der Waals surface area contributed by atoms with Gasteiger partial charge in [0.05, 0.1) is 7.11 Å². The van der Waals surface area contributed by atoms with Gasteiger partial charge in [-0.2, -0.15) is 0 Å². The van der Waals surface area contributed by atoms with Crippen LogP contribution in [0.15, 0.2) is 0 Å². The van der Waals surface area contributed by atoms with E-state index >= 15 is 0 Å². The molecule has 76 valence electrons. The van der Waals surface area contributed by atoms with Crippen LogP contribution >= 0.6 is 0 Å². The van der Waals surface area contributed by atoms with Crippen LogP contribution in [0.4, 0.5) is 0 Å². The zero-order valence-electron chi connectivity index (χ0n) is 8.21. The molecule has 4 heteroatoms. The summed E-state index contributed by atoms with van der Waals surface area (Å²) in [6.45, 7) is 1.04. The maximum atomic E-state index is 11.2. The summed E-state index contributed by atoms with van der Waals surface area (Å²) in [5.74, 6) is -0.281. The molecule has 1 rings (SSSR count). The minimum atomic E-state index is -0.416. The summed E-state index contributed by atoms with van der Waals surface area (Å²) in [5.41, 5.74) is 0. The van der Waals surface area contributed by atoms with E-state index in [-0.39, 0.29) is 5.97 Å². The molecule has 1 N–H and O–H groups in total. The largest absolute Gasteiger partial charge is 0.467 e. The first-order valence-corrected chi connectivity index (χ1v) is 4.62. The second kappa shape index (κ2) is 5.19. The standard InChI is InChI=1S/C9H17NO3/c1-12-8(9(11)13-2)6-7-4-3-5-10-7/h7-8,10H,3-6H2,1-2H3. The van der Waals surface area contributed by atoms with Crippen molar-refractivity contribution in [3.05, 3.63) is 0 Å². The lowest BCUT2D eigenvalue weighted by molar-refractivity contribution is -0.152. The van der Waals surface area contributed by atoms with Crippen LogP contribution in [0, 0.1) is 0 Å². The normalized spacial score (nSPS) is 24.3. The number of methoxy groups -OCH3 is 2. The van der Waals surface area contributed by atoms with Crippen molar-refractivity contribution in [1.82, 2.24) is 5.32 Å². The minimum Gasteiger partial charge on any atom is -0.467 e. The Hall–Kier alpha value is -0.610. The summed E-state index contributed by atoms with van der Waals surface area (Å²) < 4.78 is 9.67. The monoisotopic (exact) mass is 187 g/mol. The number of esters is 1. The first-order valence-electron chi connectivity index (χ1n) is 4.62. The quantitative estimate of drug-likeness (QED) is 0.644. The van der Waals surface area contributed by atoms with Crippen molar-refractivity contribution in [3.63, 3.8) is 0 Å². The van der Waals surface area contributed by atoms with E-state index in [1.165, 1.54) is 20.6 Å². The van der Waals surface area contributed by atoms with Crippen molar-refractivity contribution >= 4 is 5.97 Å². The number of nitrogens with one attached hydrogen (secondary N) is 1. The van der Waals surface area contributed by atoms with Gasteiger partial charge in [0.1, 0.15) is 0 Å². The Morgan fingerprint density at radius 2 is 2.38 bits per heavy atom. The van der Waals surface area contributed by atoms with Crippen LogP contribution in [0.1, 0.15) is 19.3 Å². The maximum Gasteiger partial charge on any atom is 0.335 e. The lowest BCUT2D eigenvalue weighted by Gasteiger charge is -2.16. The molecule has 13 heavy (non-hydrogen) atoms. The van der Waals surface area contributed by atoms with Gasteiger partial charge in [-0.05, 0) is 25.8 Å². The summed E-state index contributed by atoms with van der Waals surface area (Å²) in [6.07, 6.45) is 2.60. The van der Waals surface area contributed by atoms with Crippen molar-refractivity contribution in [1.29, 1.82) is 0 Å². The zero-order valence-corrected chi connectivity index (χ0v) is 8.21. The van der Waals surface area contributed by atoms with E-state index in [1.54, 1.807) is 0 Å². The van der Waals surface area contributed by atoms with E-state index in [0.717, 1.165) is 13.0 Å². The molecule has 0 spiro atoms. The molecule has 0 radical (unpaired) electrons. The molecular formula is C9H17NO3. The third kappa shape index (κ3) is 2.97. The van der Waals surface area contributed by atoms with Gasteiger partial charge in [0, 0.05) is 13.2 Å². The molecular weight excluding hydrogens is 170 g/mol. The van der Waals surface area contributed by atoms with Crippen LogP contribution in [0.25, 0.3) is 0 Å². The van der Waals surface area contributed by atoms with E-state index in [4.69, 9.17) is 4.74 Å². The summed E-state index contributed by atoms with van der Waals surface area (Å²) >= 11 is 0. The van der Waals surface area contributed by atoms with E-state index in [2.05, 4.69) is 10.1 Å². The molecule has 1 saturated heterocycles. The number of ether oxygens (including phenoxy) is 2. The van der Waals surface area contributed by atoms with Crippen LogP contribution in [-0.4, -0.2) is 38.9 Å². The highest BCUT2D eigenvalue weighted by molar-refractivity contribution is 5.74. The number of hydrogen-bond donors (Lipinski definition) is 1. The van der Waals surface area contributed by atoms with Gasteiger partial charge >= 0.3 is 5.97 Å². The van der Waals surface area contributed by atoms with Crippen LogP contribution in [0.3, 0.4) is 0 Å². The van der Waals surface area contributed by atoms with Crippen molar-refractivity contribution in [2.24, 2.45) is 0 Å². The summed E-state index contributed by atoms with van der Waals surface area (Å²) in [6, 6.07) is 0.407. The van der Waals surface area contributed by atoms with Gasteiger partial charge < -0.3 is 14.8 Å². The van der Waals surface area contributed by atoms with Gasteiger partial charge in [0.2, 0.25) is 0 Å². The molecule has 0 aliphatic carbocycles. The molecule has 4 nitrogen and oxygen atoms in total. The van der Waals surface area contributed by atoms with Crippen LogP contribution < -0.4 is 5.32 Å². The fourth-order valence-corrected chi connectivity index (χ4v) is 1.64. The highest BCUT2D eigenvalue weighted by Crippen LogP contribution is 2.13. The van der Waals surface area contributed by atoms with Gasteiger partial charge in [-0.1, -0.05) is 0 Å². The van der Waals surface area contributed by atoms with Crippen LogP contribution in [0.5, 0.6) is 0 Å². The highest BCUT2D eigenvalue weighted by Gasteiger charge is 2.24. The van der Waals surface area contributed by atoms with Crippen LogP contribution in [0.2, 0.25) is 0 Å². The zero-order chi connectivity index (χ0) is 9.68. The third-order valence-corrected chi connectivity index (χ3v) is 2.41. The molecule has 0 aromatic rings. The average molecular weight is 187 g/mol. The predicted molar refractivity (Wildman–Crippen MR) is 48.5 cm³/mol. The van der Waals surface area contributed by atoms with Gasteiger partial charge in [-0.3, -0.25) is 0 Å². The first-order chi connectivity index (χ1) is 6.27. The van der Waals surface area contributed by atoms with Gasteiger partial charge in [0.15, 0.2) is 6.10 Å². The number of carbonyl (C=O) groups is 1. The summed E-state index contributed by atoms with van der Waals surface area (Å²) in [7, 11) is 2.92. The molecule has 2 atom stereocenters. The van der Waals surface area contributed by atoms with Gasteiger partial charge in [0.25, 0.3) is 0 Å². The number of rotatable bonds is 4. The maximum absolute atomic E-state index is 11.2. The molecule has 2 unspecified atom stereocenters. The Morgan fingerprint density at radius 3 is 2.85 bits per heavy atom. The fraction of sp³-hybridized carbons (Fsp3) is 0.889.